The van der Waals surface area contributed by atoms with Crippen molar-refractivity contribution in [2.75, 3.05) is 5.32 Å². The average Bonchev–Trinajstić information content (AvgIpc) is 2.70. The number of carbonyl (C=O) groups excluding carboxylic acids is 1. The van der Waals surface area contributed by atoms with Crippen LogP contribution in [0.15, 0.2) is 24.3 Å². The lowest BCUT2D eigenvalue weighted by molar-refractivity contribution is -0.384. The Bertz CT molecular complexity index is 702. The summed E-state index contributed by atoms with van der Waals surface area (Å²) in [5.74, 6) is -1.10. The average molecular weight is 333 g/mol. The fourth-order valence-corrected chi connectivity index (χ4v) is 2.94. The predicted octanol–water partition coefficient (Wildman–Crippen LogP) is 3.92. The Morgan fingerprint density at radius 2 is 2.10 bits per heavy atom. The molecule has 0 saturated carbocycles. The number of nitrogens with one attached hydrogen (secondary N) is 1. The smallest absolute Gasteiger partial charge is 0.296 e. The van der Waals surface area contributed by atoms with Gasteiger partial charge in [-0.1, -0.05) is 29.3 Å². The van der Waals surface area contributed by atoms with Crippen LogP contribution in [-0.2, 0) is 0 Å². The number of hydrogen-bond donors (Lipinski definition) is 2. The monoisotopic (exact) mass is 332 g/mol. The molecule has 0 aliphatic rings. The fourth-order valence-electron chi connectivity index (χ4n) is 1.48. The molecule has 0 radical (unpaired) electrons. The van der Waals surface area contributed by atoms with Gasteiger partial charge < -0.3 is 10.4 Å². The number of carbonyl (C=O) groups is 1. The van der Waals surface area contributed by atoms with E-state index >= 15 is 0 Å². The second-order valence-electron chi connectivity index (χ2n) is 3.62. The second-order valence-corrected chi connectivity index (χ2v) is 5.91. The van der Waals surface area contributed by atoms with E-state index in [2.05, 4.69) is 5.32 Å². The van der Waals surface area contributed by atoms with Crippen molar-refractivity contribution in [2.45, 2.75) is 0 Å². The van der Waals surface area contributed by atoms with E-state index in [1.54, 1.807) is 0 Å². The molecule has 0 spiro atoms. The van der Waals surface area contributed by atoms with E-state index in [0.717, 1.165) is 17.4 Å². The molecular weight excluding hydrogens is 327 g/mol. The van der Waals surface area contributed by atoms with Gasteiger partial charge in [0.05, 0.1) is 14.8 Å². The van der Waals surface area contributed by atoms with Crippen LogP contribution in [0.3, 0.4) is 0 Å². The summed E-state index contributed by atoms with van der Waals surface area (Å²) < 4.78 is 0.470. The summed E-state index contributed by atoms with van der Waals surface area (Å²) in [6, 6.07) is 5.04. The number of amides is 1. The van der Waals surface area contributed by atoms with Crippen molar-refractivity contribution in [1.29, 1.82) is 0 Å². The van der Waals surface area contributed by atoms with Crippen molar-refractivity contribution in [3.63, 3.8) is 0 Å². The molecule has 6 nitrogen and oxygen atoms in total. The molecule has 0 aliphatic heterocycles. The van der Waals surface area contributed by atoms with Crippen molar-refractivity contribution in [3.05, 3.63) is 48.6 Å². The van der Waals surface area contributed by atoms with E-state index in [0.29, 0.717) is 4.34 Å². The lowest BCUT2D eigenvalue weighted by Crippen LogP contribution is -2.12. The zero-order chi connectivity index (χ0) is 14.9. The molecule has 0 fully saturated rings. The Morgan fingerprint density at radius 3 is 2.65 bits per heavy atom. The highest BCUT2D eigenvalue weighted by atomic mass is 35.5. The minimum atomic E-state index is -0.711. The van der Waals surface area contributed by atoms with Crippen LogP contribution >= 0.6 is 34.5 Å². The van der Waals surface area contributed by atoms with Gasteiger partial charge in [-0.25, -0.2) is 0 Å². The summed E-state index contributed by atoms with van der Waals surface area (Å²) in [6.45, 7) is 0. The van der Waals surface area contributed by atoms with Gasteiger partial charge in [-0.05, 0) is 12.1 Å². The number of aromatic hydroxyl groups is 1. The number of halogens is 2. The molecule has 104 valence electrons. The Morgan fingerprint density at radius 1 is 1.40 bits per heavy atom. The number of nitrogens with zero attached hydrogens (tertiary/aromatic N) is 1. The van der Waals surface area contributed by atoms with E-state index in [1.807, 2.05) is 0 Å². The number of para-hydroxylation sites is 1. The third-order valence-corrected chi connectivity index (χ3v) is 3.84. The summed E-state index contributed by atoms with van der Waals surface area (Å²) in [5.41, 5.74) is -0.629. The molecule has 2 aromatic rings. The molecular formula is C11H6Cl2N2O4S. The van der Waals surface area contributed by atoms with Crippen molar-refractivity contribution < 1.29 is 14.8 Å². The molecule has 0 aliphatic carbocycles. The largest absolute Gasteiger partial charge is 0.505 e. The van der Waals surface area contributed by atoms with Gasteiger partial charge in [-0.3, -0.25) is 14.9 Å². The third kappa shape index (κ3) is 2.84. The quantitative estimate of drug-likeness (QED) is 0.506. The van der Waals surface area contributed by atoms with Gasteiger partial charge in [0, 0.05) is 6.07 Å². The zero-order valence-corrected chi connectivity index (χ0v) is 11.9. The maximum absolute atomic E-state index is 12.0. The number of phenolic OH excluding ortho intramolecular Hbond substituents is 1. The molecule has 0 bridgehead atoms. The second kappa shape index (κ2) is 5.66. The van der Waals surface area contributed by atoms with Crippen LogP contribution in [0.5, 0.6) is 5.75 Å². The minimum absolute atomic E-state index is 0.0826. The molecule has 1 aromatic heterocycles. The summed E-state index contributed by atoms with van der Waals surface area (Å²) in [6.07, 6.45) is 0. The Balaban J connectivity index is 2.37. The lowest BCUT2D eigenvalue weighted by atomic mass is 10.2. The molecule has 2 N–H and O–H groups in total. The standard InChI is InChI=1S/C11H6Cl2N2O4S/c12-8-4-5(10(13)20-8)11(17)14-9-6(15(18)19)2-1-3-7(9)16/h1-4,16H,(H,14,17). The van der Waals surface area contributed by atoms with Gasteiger partial charge in [-0.15, -0.1) is 11.3 Å². The highest BCUT2D eigenvalue weighted by Gasteiger charge is 2.22. The highest BCUT2D eigenvalue weighted by molar-refractivity contribution is 7.20. The van der Waals surface area contributed by atoms with E-state index in [-0.39, 0.29) is 15.6 Å². The first kappa shape index (κ1) is 14.6. The van der Waals surface area contributed by atoms with Gasteiger partial charge in [0.15, 0.2) is 5.69 Å². The Labute approximate surface area is 126 Å². The molecule has 0 saturated heterocycles. The van der Waals surface area contributed by atoms with Crippen LogP contribution in [0.4, 0.5) is 11.4 Å². The Kier molecular flexibility index (Phi) is 4.12. The Hall–Kier alpha value is -1.83. The SMILES string of the molecule is O=C(Nc1c(O)cccc1[N+](=O)[O-])c1cc(Cl)sc1Cl. The van der Waals surface area contributed by atoms with Crippen molar-refractivity contribution in [1.82, 2.24) is 0 Å². The number of rotatable bonds is 3. The van der Waals surface area contributed by atoms with Gasteiger partial charge in [0.2, 0.25) is 0 Å². The summed E-state index contributed by atoms with van der Waals surface area (Å²) >= 11 is 12.5. The topological polar surface area (TPSA) is 92.5 Å². The predicted molar refractivity (Wildman–Crippen MR) is 77.1 cm³/mol. The number of phenols is 1. The van der Waals surface area contributed by atoms with Crippen LogP contribution in [0, 0.1) is 10.1 Å². The van der Waals surface area contributed by atoms with Crippen LogP contribution in [-0.4, -0.2) is 15.9 Å². The first-order valence-electron chi connectivity index (χ1n) is 5.12. The number of thiophene rings is 1. The third-order valence-electron chi connectivity index (χ3n) is 2.36. The highest BCUT2D eigenvalue weighted by Crippen LogP contribution is 2.35. The van der Waals surface area contributed by atoms with E-state index in [1.165, 1.54) is 18.2 Å². The van der Waals surface area contributed by atoms with Crippen molar-refractivity contribution in [2.24, 2.45) is 0 Å². The maximum Gasteiger partial charge on any atom is 0.296 e. The first-order chi connectivity index (χ1) is 9.40. The number of nitro groups is 1. The number of anilines is 1. The normalized spacial score (nSPS) is 10.3. The lowest BCUT2D eigenvalue weighted by Gasteiger charge is -2.07. The van der Waals surface area contributed by atoms with E-state index in [9.17, 15) is 20.0 Å². The summed E-state index contributed by atoms with van der Waals surface area (Å²) in [7, 11) is 0. The van der Waals surface area contributed by atoms with Gasteiger partial charge in [-0.2, -0.15) is 0 Å². The number of benzene rings is 1. The van der Waals surface area contributed by atoms with E-state index in [4.69, 9.17) is 23.2 Å². The van der Waals surface area contributed by atoms with Crippen molar-refractivity contribution in [3.8, 4) is 5.75 Å². The zero-order valence-electron chi connectivity index (χ0n) is 9.59. The van der Waals surface area contributed by atoms with E-state index < -0.39 is 22.3 Å². The molecule has 1 heterocycles. The van der Waals surface area contributed by atoms with Crippen LogP contribution in [0.1, 0.15) is 10.4 Å². The summed E-state index contributed by atoms with van der Waals surface area (Å²) in [5, 5.41) is 22.8. The van der Waals surface area contributed by atoms with Gasteiger partial charge in [0.25, 0.3) is 11.6 Å². The molecule has 20 heavy (non-hydrogen) atoms. The van der Waals surface area contributed by atoms with Gasteiger partial charge in [0.1, 0.15) is 10.1 Å². The number of hydrogen-bond acceptors (Lipinski definition) is 5. The van der Waals surface area contributed by atoms with Crippen LogP contribution in [0.2, 0.25) is 8.67 Å². The molecule has 1 amide bonds. The van der Waals surface area contributed by atoms with Crippen LogP contribution in [0.25, 0.3) is 0 Å². The number of nitro benzene ring substituents is 1. The maximum atomic E-state index is 12.0. The van der Waals surface area contributed by atoms with Crippen molar-refractivity contribution >= 4 is 51.8 Å². The summed E-state index contributed by atoms with van der Waals surface area (Å²) in [4.78, 5) is 22.1. The van der Waals surface area contributed by atoms with Gasteiger partial charge >= 0.3 is 0 Å². The minimum Gasteiger partial charge on any atom is -0.505 e. The van der Waals surface area contributed by atoms with Crippen LogP contribution < -0.4 is 5.32 Å². The molecule has 2 rings (SSSR count). The first-order valence-corrected chi connectivity index (χ1v) is 6.70. The molecule has 9 heteroatoms. The molecule has 0 atom stereocenters. The molecule has 0 unspecified atom stereocenters. The fraction of sp³-hybridized carbons (Fsp3) is 0. The molecule has 1 aromatic carbocycles.